The second-order valence-corrected chi connectivity index (χ2v) is 27.7. The van der Waals surface area contributed by atoms with E-state index in [2.05, 4.69) is 109 Å². The summed E-state index contributed by atoms with van der Waals surface area (Å²) in [5.74, 6) is -2.85. The SMILES string of the molecule is Cc1[nH]c2ccc(C(C)C)cc2c1CC(=O)[C@@](N)(CCCCN)C(=O)Nc1ccc(C(c2ccc(NC(=O)[C@](N)(CCCCN)C(=O)Cc3c(C)[nH]c4ccc(C(C)C)cc34)cc2)c2ccc(NC(=O)[C@](N)(CCCCN)C(=O)Cc3c(C)[nH]c4ccc(C(C)C)cc34)cc2)cc1.Cl. The van der Waals surface area contributed by atoms with Gasteiger partial charge in [0.15, 0.2) is 34.0 Å². The van der Waals surface area contributed by atoms with Gasteiger partial charge in [-0.15, -0.1) is 12.4 Å². The predicted molar refractivity (Wildman–Crippen MR) is 400 cm³/mol. The van der Waals surface area contributed by atoms with Crippen molar-refractivity contribution in [3.63, 3.8) is 0 Å². The molecule has 18 N–H and O–H groups in total. The summed E-state index contributed by atoms with van der Waals surface area (Å²) in [5.41, 5.74) is 47.7. The van der Waals surface area contributed by atoms with Crippen LogP contribution >= 0.6 is 12.4 Å². The van der Waals surface area contributed by atoms with Crippen molar-refractivity contribution in [3.8, 4) is 0 Å². The standard InChI is InChI=1S/C79H100N12O6.ClH/c1-46(2)55-22-31-67-64(40-55)61(49(7)86-67)43-70(92)77(83,34-10-13-37-80)74(95)89-58-25-16-52(17-26-58)73(53-18-27-59(28-19-53)90-75(96)78(84,35-11-14-38-81)71(93)44-62-50(8)87-68-32-23-56(47(3)4)41-65(62)68)54-20-29-60(30-21-54)91-76(97)79(85,36-12-15-39-82)72(94)45-63-51(9)88-69-33-24-57(48(5)6)42-66(63)69;/h16-33,40-42,46-48,73,86-88H,10-15,34-39,43-45,80-85H2,1-9H3,(H,89,95)(H,90,96)(H,91,97);1H/t77-,78-,79-;/m0./s1. The number of amides is 3. The zero-order chi connectivity index (χ0) is 70.1. The molecule has 520 valence electrons. The Morgan fingerprint density at radius 2 is 0.602 bits per heavy atom. The Balaban J connectivity index is 0.0000122. The molecule has 9 rings (SSSR count). The average Bonchev–Trinajstić information content (AvgIpc) is 1.62. The minimum absolute atomic E-state index is 0. The van der Waals surface area contributed by atoms with Crippen molar-refractivity contribution in [2.75, 3.05) is 35.6 Å². The summed E-state index contributed by atoms with van der Waals surface area (Å²) in [4.78, 5) is 97.8. The number of aromatic nitrogens is 3. The van der Waals surface area contributed by atoms with E-state index in [1.807, 2.05) is 75.4 Å². The van der Waals surface area contributed by atoms with Gasteiger partial charge in [0.05, 0.1) is 0 Å². The molecule has 9 aromatic rings. The summed E-state index contributed by atoms with van der Waals surface area (Å²) in [6, 6.07) is 40.4. The molecular formula is C79H101ClN12O6. The second kappa shape index (κ2) is 32.4. The molecule has 6 aromatic carbocycles. The number of benzene rings is 6. The molecule has 3 heterocycles. The molecule has 0 fully saturated rings. The van der Waals surface area contributed by atoms with Crippen LogP contribution in [0.5, 0.6) is 0 Å². The fourth-order valence-electron chi connectivity index (χ4n) is 13.3. The molecule has 0 aliphatic rings. The first-order valence-corrected chi connectivity index (χ1v) is 34.4. The third-order valence-electron chi connectivity index (χ3n) is 19.7. The van der Waals surface area contributed by atoms with Crippen molar-refractivity contribution in [1.82, 2.24) is 15.0 Å². The number of halogens is 1. The third-order valence-corrected chi connectivity index (χ3v) is 19.7. The number of hydrogen-bond acceptors (Lipinski definition) is 12. The van der Waals surface area contributed by atoms with Crippen molar-refractivity contribution in [2.24, 2.45) is 34.4 Å². The number of unbranched alkanes of at least 4 members (excludes halogenated alkanes) is 3. The molecule has 98 heavy (non-hydrogen) atoms. The van der Waals surface area contributed by atoms with E-state index in [4.69, 9.17) is 34.4 Å². The topological polar surface area (TPSA) is 342 Å². The van der Waals surface area contributed by atoms with Gasteiger partial charge in [-0.2, -0.15) is 0 Å². The summed E-state index contributed by atoms with van der Waals surface area (Å²) in [7, 11) is 0. The van der Waals surface area contributed by atoms with E-state index in [9.17, 15) is 28.8 Å². The van der Waals surface area contributed by atoms with Gasteiger partial charge in [-0.3, -0.25) is 28.8 Å². The van der Waals surface area contributed by atoms with Crippen LogP contribution < -0.4 is 50.4 Å². The molecule has 0 bridgehead atoms. The molecule has 0 saturated heterocycles. The predicted octanol–water partition coefficient (Wildman–Crippen LogP) is 12.8. The lowest BCUT2D eigenvalue weighted by atomic mass is 9.83. The van der Waals surface area contributed by atoms with Crippen LogP contribution in [0, 0.1) is 20.8 Å². The quantitative estimate of drug-likeness (QED) is 0.0104. The maximum atomic E-state index is 14.6. The largest absolute Gasteiger partial charge is 0.358 e. The van der Waals surface area contributed by atoms with Crippen LogP contribution in [0.3, 0.4) is 0 Å². The molecule has 0 saturated carbocycles. The van der Waals surface area contributed by atoms with Crippen LogP contribution in [-0.2, 0) is 48.0 Å². The van der Waals surface area contributed by atoms with E-state index in [1.165, 1.54) is 0 Å². The van der Waals surface area contributed by atoms with E-state index in [0.29, 0.717) is 75.2 Å². The zero-order valence-electron chi connectivity index (χ0n) is 58.4. The maximum absolute atomic E-state index is 14.6. The molecule has 19 heteroatoms. The van der Waals surface area contributed by atoms with Crippen LogP contribution in [0.15, 0.2) is 127 Å². The van der Waals surface area contributed by atoms with Gasteiger partial charge in [-0.1, -0.05) is 96.1 Å². The lowest BCUT2D eigenvalue weighted by Gasteiger charge is -2.28. The van der Waals surface area contributed by atoms with Gasteiger partial charge in [0.25, 0.3) is 17.7 Å². The summed E-state index contributed by atoms with van der Waals surface area (Å²) < 4.78 is 0. The van der Waals surface area contributed by atoms with Crippen molar-refractivity contribution in [1.29, 1.82) is 0 Å². The number of rotatable bonds is 33. The Morgan fingerprint density at radius 1 is 0.367 bits per heavy atom. The highest BCUT2D eigenvalue weighted by molar-refractivity contribution is 6.18. The van der Waals surface area contributed by atoms with Gasteiger partial charge in [0.1, 0.15) is 0 Å². The molecule has 3 atom stereocenters. The fraction of sp³-hybridized carbons (Fsp3) is 0.392. The Morgan fingerprint density at radius 3 is 0.827 bits per heavy atom. The molecule has 0 radical (unpaired) electrons. The number of carbonyl (C=O) groups is 6. The third kappa shape index (κ3) is 16.6. The van der Waals surface area contributed by atoms with E-state index in [-0.39, 0.29) is 68.7 Å². The van der Waals surface area contributed by atoms with Gasteiger partial charge < -0.3 is 65.3 Å². The number of Topliss-reactive ketones (excluding diaryl/α,β-unsaturated/α-hetero) is 3. The highest BCUT2D eigenvalue weighted by Gasteiger charge is 2.44. The van der Waals surface area contributed by atoms with Gasteiger partial charge in [-0.05, 0) is 239 Å². The number of aromatic amines is 3. The molecule has 3 amide bonds. The number of ketones is 3. The Hall–Kier alpha value is -8.59. The van der Waals surface area contributed by atoms with Gasteiger partial charge in [0, 0.05) is 92.0 Å². The van der Waals surface area contributed by atoms with E-state index < -0.39 is 57.6 Å². The first-order chi connectivity index (χ1) is 46.2. The van der Waals surface area contributed by atoms with Crippen molar-refractivity contribution >= 4 is 97.2 Å². The number of H-pyrrole nitrogens is 3. The normalized spacial score (nSPS) is 13.6. The zero-order valence-corrected chi connectivity index (χ0v) is 59.2. The Labute approximate surface area is 582 Å². The van der Waals surface area contributed by atoms with E-state index in [1.54, 1.807) is 36.4 Å². The van der Waals surface area contributed by atoms with Crippen LogP contribution in [0.25, 0.3) is 32.7 Å². The van der Waals surface area contributed by atoms with Crippen LogP contribution in [0.2, 0.25) is 0 Å². The molecule has 0 aliphatic carbocycles. The number of anilines is 3. The smallest absolute Gasteiger partial charge is 0.252 e. The number of hydrogen-bond donors (Lipinski definition) is 12. The summed E-state index contributed by atoms with van der Waals surface area (Å²) in [6.45, 7) is 19.6. The summed E-state index contributed by atoms with van der Waals surface area (Å²) in [5, 5.41) is 11.7. The number of aryl methyl sites for hydroxylation is 3. The van der Waals surface area contributed by atoms with E-state index in [0.717, 1.165) is 99.9 Å². The monoisotopic (exact) mass is 1350 g/mol. The summed E-state index contributed by atoms with van der Waals surface area (Å²) in [6.07, 6.45) is 3.18. The fourth-order valence-corrected chi connectivity index (χ4v) is 13.3. The lowest BCUT2D eigenvalue weighted by molar-refractivity contribution is -0.134. The molecule has 18 nitrogen and oxygen atoms in total. The van der Waals surface area contributed by atoms with Crippen molar-refractivity contribution in [3.05, 3.63) is 195 Å². The number of carbonyl (C=O) groups excluding carboxylic acids is 6. The average molecular weight is 1350 g/mol. The first kappa shape index (κ1) is 75.2. The highest BCUT2D eigenvalue weighted by atomic mass is 35.5. The van der Waals surface area contributed by atoms with Crippen molar-refractivity contribution < 1.29 is 28.8 Å². The minimum Gasteiger partial charge on any atom is -0.358 e. The summed E-state index contributed by atoms with van der Waals surface area (Å²) >= 11 is 0. The molecule has 0 unspecified atom stereocenters. The highest BCUT2D eigenvalue weighted by Crippen LogP contribution is 2.37. The number of nitrogens with one attached hydrogen (secondary N) is 6. The second-order valence-electron chi connectivity index (χ2n) is 27.7. The van der Waals surface area contributed by atoms with Gasteiger partial charge >= 0.3 is 0 Å². The maximum Gasteiger partial charge on any atom is 0.252 e. The number of nitrogens with two attached hydrogens (primary N) is 6. The van der Waals surface area contributed by atoms with E-state index >= 15 is 0 Å². The van der Waals surface area contributed by atoms with Crippen LogP contribution in [-0.4, -0.2) is 86.3 Å². The van der Waals surface area contributed by atoms with Gasteiger partial charge in [-0.25, -0.2) is 0 Å². The van der Waals surface area contributed by atoms with Gasteiger partial charge in [0.2, 0.25) is 0 Å². The van der Waals surface area contributed by atoms with Crippen LogP contribution in [0.1, 0.15) is 190 Å². The van der Waals surface area contributed by atoms with Crippen molar-refractivity contribution in [2.45, 2.75) is 180 Å². The molecule has 0 aliphatic heterocycles. The number of fused-ring (bicyclic) bond motifs is 3. The molecular weight excluding hydrogens is 1250 g/mol. The molecule has 3 aromatic heterocycles. The van der Waals surface area contributed by atoms with Crippen LogP contribution in [0.4, 0.5) is 17.1 Å². The Bertz CT molecular complexity index is 3880. The first-order valence-electron chi connectivity index (χ1n) is 34.4. The Kier molecular flexibility index (Phi) is 24.9. The lowest BCUT2D eigenvalue weighted by Crippen LogP contribution is -2.58. The molecule has 0 spiro atoms. The minimum atomic E-state index is -1.89.